The third-order valence-corrected chi connectivity index (χ3v) is 2.47. The molecule has 0 spiro atoms. The Morgan fingerprint density at radius 3 is 2.71 bits per heavy atom. The van der Waals surface area contributed by atoms with Crippen molar-refractivity contribution in [3.05, 3.63) is 35.1 Å². The second-order valence-corrected chi connectivity index (χ2v) is 3.84. The molecular weight excluding hydrogens is 225 g/mol. The Morgan fingerprint density at radius 1 is 1.41 bits per heavy atom. The van der Waals surface area contributed by atoms with Gasteiger partial charge in [0, 0.05) is 5.56 Å². The molecule has 94 valence electrons. The van der Waals surface area contributed by atoms with Crippen molar-refractivity contribution >= 4 is 6.29 Å². The van der Waals surface area contributed by atoms with E-state index in [1.54, 1.807) is 7.05 Å². The minimum absolute atomic E-state index is 0.139. The lowest BCUT2D eigenvalue weighted by Crippen LogP contribution is -2.23. The molecule has 0 aliphatic rings. The summed E-state index contributed by atoms with van der Waals surface area (Å²) >= 11 is 0. The van der Waals surface area contributed by atoms with E-state index in [1.807, 2.05) is 0 Å². The number of aliphatic hydroxyl groups is 2. The molecule has 3 N–H and O–H groups in total. The van der Waals surface area contributed by atoms with E-state index in [4.69, 9.17) is 0 Å². The Morgan fingerprint density at radius 2 is 2.12 bits per heavy atom. The van der Waals surface area contributed by atoms with Crippen LogP contribution < -0.4 is 5.32 Å². The van der Waals surface area contributed by atoms with Gasteiger partial charge < -0.3 is 15.5 Å². The molecule has 1 aromatic rings. The molecule has 1 aromatic carbocycles. The fourth-order valence-electron chi connectivity index (χ4n) is 1.55. The van der Waals surface area contributed by atoms with E-state index >= 15 is 0 Å². The molecule has 0 aromatic heterocycles. The quantitative estimate of drug-likeness (QED) is 0.639. The molecule has 1 rings (SSSR count). The van der Waals surface area contributed by atoms with Crippen LogP contribution in [0, 0.1) is 5.82 Å². The zero-order chi connectivity index (χ0) is 12.8. The summed E-state index contributed by atoms with van der Waals surface area (Å²) in [4.78, 5) is 10.6. The molecule has 2 atom stereocenters. The van der Waals surface area contributed by atoms with Crippen molar-refractivity contribution in [3.8, 4) is 0 Å². The van der Waals surface area contributed by atoms with Crippen LogP contribution in [-0.2, 0) is 0 Å². The van der Waals surface area contributed by atoms with Crippen molar-refractivity contribution < 1.29 is 19.4 Å². The van der Waals surface area contributed by atoms with Crippen molar-refractivity contribution in [1.29, 1.82) is 0 Å². The minimum atomic E-state index is -1.20. The maximum absolute atomic E-state index is 13.1. The first-order valence-corrected chi connectivity index (χ1v) is 5.35. The van der Waals surface area contributed by atoms with Gasteiger partial charge in [-0.2, -0.15) is 0 Å². The largest absolute Gasteiger partial charge is 0.390 e. The number of carbonyl (C=O) groups excluding carboxylic acids is 1. The summed E-state index contributed by atoms with van der Waals surface area (Å²) in [5.41, 5.74) is 0.343. The average molecular weight is 241 g/mol. The Balaban J connectivity index is 2.83. The molecular formula is C12H16FNO3. The van der Waals surface area contributed by atoms with Crippen molar-refractivity contribution in [2.24, 2.45) is 0 Å². The molecule has 17 heavy (non-hydrogen) atoms. The van der Waals surface area contributed by atoms with Gasteiger partial charge in [-0.15, -0.1) is 0 Å². The Labute approximate surface area is 99.1 Å². The SMILES string of the molecule is CNCCC(O)C(O)c1cc(F)cc(C=O)c1. The number of aldehydes is 1. The van der Waals surface area contributed by atoms with Crippen LogP contribution in [0.3, 0.4) is 0 Å². The van der Waals surface area contributed by atoms with Gasteiger partial charge in [-0.25, -0.2) is 4.39 Å². The highest BCUT2D eigenvalue weighted by Crippen LogP contribution is 2.20. The zero-order valence-electron chi connectivity index (χ0n) is 9.56. The molecule has 0 heterocycles. The molecule has 5 heteroatoms. The second-order valence-electron chi connectivity index (χ2n) is 3.84. The number of hydrogen-bond donors (Lipinski definition) is 3. The number of rotatable bonds is 6. The first-order chi connectivity index (χ1) is 8.08. The average Bonchev–Trinajstić information content (AvgIpc) is 2.34. The van der Waals surface area contributed by atoms with E-state index in [0.717, 1.165) is 12.1 Å². The molecule has 0 aliphatic carbocycles. The number of aliphatic hydroxyl groups excluding tert-OH is 2. The highest BCUT2D eigenvalue weighted by atomic mass is 19.1. The number of halogens is 1. The normalized spacial score (nSPS) is 14.4. The maximum Gasteiger partial charge on any atom is 0.150 e. The summed E-state index contributed by atoms with van der Waals surface area (Å²) in [6.07, 6.45) is -1.36. The van der Waals surface area contributed by atoms with Crippen molar-refractivity contribution in [3.63, 3.8) is 0 Å². The molecule has 0 bridgehead atoms. The number of hydrogen-bond acceptors (Lipinski definition) is 4. The molecule has 0 amide bonds. The van der Waals surface area contributed by atoms with Gasteiger partial charge in [0.1, 0.15) is 18.2 Å². The van der Waals surface area contributed by atoms with Crippen LogP contribution in [-0.4, -0.2) is 36.2 Å². The summed E-state index contributed by atoms with van der Waals surface area (Å²) in [5.74, 6) is -0.607. The summed E-state index contributed by atoms with van der Waals surface area (Å²) in [6, 6.07) is 3.55. The number of benzene rings is 1. The van der Waals surface area contributed by atoms with Crippen molar-refractivity contribution in [2.45, 2.75) is 18.6 Å². The predicted molar refractivity (Wildman–Crippen MR) is 61.3 cm³/mol. The fraction of sp³-hybridized carbons (Fsp3) is 0.417. The minimum Gasteiger partial charge on any atom is -0.390 e. The van der Waals surface area contributed by atoms with Crippen LogP contribution in [0.1, 0.15) is 28.4 Å². The van der Waals surface area contributed by atoms with Crippen LogP contribution >= 0.6 is 0 Å². The maximum atomic E-state index is 13.1. The van der Waals surface area contributed by atoms with E-state index < -0.39 is 18.0 Å². The third-order valence-electron chi connectivity index (χ3n) is 2.47. The molecule has 0 saturated carbocycles. The molecule has 0 aliphatic heterocycles. The van der Waals surface area contributed by atoms with Crippen LogP contribution in [0.2, 0.25) is 0 Å². The second kappa shape index (κ2) is 6.44. The molecule has 0 saturated heterocycles. The first-order valence-electron chi connectivity index (χ1n) is 5.35. The summed E-state index contributed by atoms with van der Waals surface area (Å²) in [5, 5.41) is 22.3. The summed E-state index contributed by atoms with van der Waals surface area (Å²) < 4.78 is 13.1. The fourth-order valence-corrected chi connectivity index (χ4v) is 1.55. The Kier molecular flexibility index (Phi) is 5.21. The van der Waals surface area contributed by atoms with Gasteiger partial charge in [0.05, 0.1) is 6.10 Å². The molecule has 4 nitrogen and oxygen atoms in total. The van der Waals surface area contributed by atoms with Gasteiger partial charge in [-0.1, -0.05) is 0 Å². The van der Waals surface area contributed by atoms with Gasteiger partial charge in [0.25, 0.3) is 0 Å². The highest BCUT2D eigenvalue weighted by molar-refractivity contribution is 5.75. The van der Waals surface area contributed by atoms with Crippen LogP contribution in [0.4, 0.5) is 4.39 Å². The van der Waals surface area contributed by atoms with Crippen molar-refractivity contribution in [2.75, 3.05) is 13.6 Å². The van der Waals surface area contributed by atoms with Gasteiger partial charge in [-0.3, -0.25) is 4.79 Å². The monoisotopic (exact) mass is 241 g/mol. The van der Waals surface area contributed by atoms with Crippen molar-refractivity contribution in [1.82, 2.24) is 5.32 Å². The topological polar surface area (TPSA) is 69.6 Å². The Hall–Kier alpha value is -1.30. The summed E-state index contributed by atoms with van der Waals surface area (Å²) in [7, 11) is 1.73. The lowest BCUT2D eigenvalue weighted by Gasteiger charge is -2.18. The van der Waals surface area contributed by atoms with Crippen LogP contribution in [0.25, 0.3) is 0 Å². The van der Waals surface area contributed by atoms with Gasteiger partial charge in [0.15, 0.2) is 0 Å². The molecule has 2 unspecified atom stereocenters. The number of nitrogens with one attached hydrogen (secondary N) is 1. The van der Waals surface area contributed by atoms with E-state index in [2.05, 4.69) is 5.32 Å². The lowest BCUT2D eigenvalue weighted by atomic mass is 10.00. The first kappa shape index (κ1) is 13.8. The van der Waals surface area contributed by atoms with E-state index in [-0.39, 0.29) is 11.1 Å². The van der Waals surface area contributed by atoms with E-state index in [9.17, 15) is 19.4 Å². The lowest BCUT2D eigenvalue weighted by molar-refractivity contribution is 0.0138. The predicted octanol–water partition coefficient (Wildman–Crippen LogP) is 0.642. The number of carbonyl (C=O) groups is 1. The highest BCUT2D eigenvalue weighted by Gasteiger charge is 2.18. The standard InChI is InChI=1S/C12H16FNO3/c1-14-3-2-11(16)12(17)9-4-8(7-15)5-10(13)6-9/h4-7,11-12,14,16-17H,2-3H2,1H3. The smallest absolute Gasteiger partial charge is 0.150 e. The van der Waals surface area contributed by atoms with E-state index in [0.29, 0.717) is 19.3 Å². The van der Waals surface area contributed by atoms with Gasteiger partial charge >= 0.3 is 0 Å². The Bertz CT molecular complexity index is 384. The van der Waals surface area contributed by atoms with Gasteiger partial charge in [0.2, 0.25) is 0 Å². The zero-order valence-corrected chi connectivity index (χ0v) is 9.56. The van der Waals surface area contributed by atoms with Crippen LogP contribution in [0.15, 0.2) is 18.2 Å². The summed E-state index contributed by atoms with van der Waals surface area (Å²) in [6.45, 7) is 0.536. The third kappa shape index (κ3) is 3.89. The van der Waals surface area contributed by atoms with E-state index in [1.165, 1.54) is 6.07 Å². The molecule has 0 radical (unpaired) electrons. The van der Waals surface area contributed by atoms with Gasteiger partial charge in [-0.05, 0) is 43.8 Å². The van der Waals surface area contributed by atoms with Crippen LogP contribution in [0.5, 0.6) is 0 Å². The molecule has 0 fully saturated rings.